The van der Waals surface area contributed by atoms with Crippen molar-refractivity contribution in [3.8, 4) is 0 Å². The van der Waals surface area contributed by atoms with E-state index in [0.717, 1.165) is 28.8 Å². The highest BCUT2D eigenvalue weighted by Crippen LogP contribution is 2.35. The molecule has 0 bridgehead atoms. The van der Waals surface area contributed by atoms with Crippen LogP contribution >= 0.6 is 0 Å². The highest BCUT2D eigenvalue weighted by molar-refractivity contribution is 6.17. The Morgan fingerprint density at radius 2 is 1.88 bits per heavy atom. The van der Waals surface area contributed by atoms with Crippen LogP contribution in [0.5, 0.6) is 0 Å². The highest BCUT2D eigenvalue weighted by Gasteiger charge is 2.20. The molecule has 1 saturated carbocycles. The van der Waals surface area contributed by atoms with Gasteiger partial charge in [-0.05, 0) is 48.4 Å². The monoisotopic (exact) mass is 348 g/mol. The predicted octanol–water partition coefficient (Wildman–Crippen LogP) is 5.60. The Hall–Kier alpha value is -2.29. The number of hydrogen-bond acceptors (Lipinski definition) is 1. The van der Waals surface area contributed by atoms with Crippen molar-refractivity contribution < 1.29 is 4.79 Å². The van der Waals surface area contributed by atoms with Crippen molar-refractivity contribution >= 4 is 27.7 Å². The third-order valence-electron chi connectivity index (χ3n) is 6.01. The fourth-order valence-corrected chi connectivity index (χ4v) is 4.55. The zero-order valence-electron chi connectivity index (χ0n) is 15.8. The molecule has 26 heavy (non-hydrogen) atoms. The summed E-state index contributed by atoms with van der Waals surface area (Å²) in [6.07, 6.45) is 6.66. The van der Waals surface area contributed by atoms with E-state index in [1.54, 1.807) is 0 Å². The quantitative estimate of drug-likeness (QED) is 0.656. The second kappa shape index (κ2) is 6.79. The first-order chi connectivity index (χ1) is 12.6. The molecule has 3 heteroatoms. The molecule has 0 spiro atoms. The predicted molar refractivity (Wildman–Crippen MR) is 109 cm³/mol. The number of carbonyl (C=O) groups is 1. The van der Waals surface area contributed by atoms with E-state index in [9.17, 15) is 4.79 Å². The molecule has 2 N–H and O–H groups in total. The van der Waals surface area contributed by atoms with E-state index in [0.29, 0.717) is 11.5 Å². The summed E-state index contributed by atoms with van der Waals surface area (Å²) in [6, 6.07) is 12.6. The second-order valence-electron chi connectivity index (χ2n) is 8.11. The van der Waals surface area contributed by atoms with Crippen LogP contribution in [0, 0.1) is 5.92 Å². The molecule has 0 aliphatic heterocycles. The molecule has 1 aliphatic rings. The smallest absolute Gasteiger partial charge is 0.249 e. The SMILES string of the molecule is CC(C)c1ccc2c3c(C(N)=O)cccc3n(CC3CCCCC3)c2c1. The van der Waals surface area contributed by atoms with Crippen LogP contribution < -0.4 is 5.73 Å². The Kier molecular flexibility index (Phi) is 4.47. The van der Waals surface area contributed by atoms with Crippen LogP contribution in [-0.4, -0.2) is 10.5 Å². The van der Waals surface area contributed by atoms with Gasteiger partial charge in [0.15, 0.2) is 0 Å². The zero-order valence-corrected chi connectivity index (χ0v) is 15.8. The molecule has 1 fully saturated rings. The minimum Gasteiger partial charge on any atom is -0.366 e. The fourth-order valence-electron chi connectivity index (χ4n) is 4.55. The van der Waals surface area contributed by atoms with Gasteiger partial charge in [0.2, 0.25) is 5.91 Å². The lowest BCUT2D eigenvalue weighted by molar-refractivity contribution is 0.100. The third kappa shape index (κ3) is 2.90. The molecule has 4 rings (SSSR count). The molecule has 2 aromatic carbocycles. The van der Waals surface area contributed by atoms with Gasteiger partial charge < -0.3 is 10.3 Å². The first-order valence-electron chi connectivity index (χ1n) is 9.91. The van der Waals surface area contributed by atoms with Crippen LogP contribution in [0.25, 0.3) is 21.8 Å². The number of carbonyl (C=O) groups excluding carboxylic acids is 1. The molecule has 1 aliphatic carbocycles. The van der Waals surface area contributed by atoms with Crippen molar-refractivity contribution in [3.63, 3.8) is 0 Å². The number of primary amides is 1. The molecule has 0 atom stereocenters. The second-order valence-corrected chi connectivity index (χ2v) is 8.11. The Morgan fingerprint density at radius 1 is 1.12 bits per heavy atom. The minimum absolute atomic E-state index is 0.347. The van der Waals surface area contributed by atoms with E-state index < -0.39 is 0 Å². The average molecular weight is 348 g/mol. The number of aromatic nitrogens is 1. The summed E-state index contributed by atoms with van der Waals surface area (Å²) in [5, 5.41) is 2.16. The van der Waals surface area contributed by atoms with Crippen molar-refractivity contribution in [1.29, 1.82) is 0 Å². The van der Waals surface area contributed by atoms with Gasteiger partial charge in [0.1, 0.15) is 0 Å². The number of nitrogens with zero attached hydrogens (tertiary/aromatic N) is 1. The van der Waals surface area contributed by atoms with Crippen molar-refractivity contribution in [2.75, 3.05) is 0 Å². The Bertz CT molecular complexity index is 961. The number of amides is 1. The third-order valence-corrected chi connectivity index (χ3v) is 6.01. The molecule has 1 amide bonds. The molecule has 136 valence electrons. The molecule has 0 unspecified atom stereocenters. The largest absolute Gasteiger partial charge is 0.366 e. The molecule has 3 nitrogen and oxygen atoms in total. The number of hydrogen-bond donors (Lipinski definition) is 1. The van der Waals surface area contributed by atoms with E-state index in [4.69, 9.17) is 5.73 Å². The average Bonchev–Trinajstić information content (AvgIpc) is 2.96. The van der Waals surface area contributed by atoms with E-state index in [-0.39, 0.29) is 5.91 Å². The lowest BCUT2D eigenvalue weighted by atomic mass is 9.89. The zero-order chi connectivity index (χ0) is 18.3. The van der Waals surface area contributed by atoms with Crippen molar-refractivity contribution in [2.45, 2.75) is 58.4 Å². The van der Waals surface area contributed by atoms with Gasteiger partial charge in [-0.25, -0.2) is 0 Å². The lowest BCUT2D eigenvalue weighted by Gasteiger charge is -2.23. The lowest BCUT2D eigenvalue weighted by Crippen LogP contribution is -2.14. The maximum absolute atomic E-state index is 12.0. The first kappa shape index (κ1) is 17.1. The van der Waals surface area contributed by atoms with Gasteiger partial charge in [0.25, 0.3) is 0 Å². The maximum atomic E-state index is 12.0. The fraction of sp³-hybridized carbons (Fsp3) is 0.435. The van der Waals surface area contributed by atoms with Gasteiger partial charge in [-0.1, -0.05) is 51.3 Å². The summed E-state index contributed by atoms with van der Waals surface area (Å²) < 4.78 is 2.44. The summed E-state index contributed by atoms with van der Waals surface area (Å²) in [4.78, 5) is 12.0. The van der Waals surface area contributed by atoms with Crippen LogP contribution in [0.15, 0.2) is 36.4 Å². The summed E-state index contributed by atoms with van der Waals surface area (Å²) in [7, 11) is 0. The number of nitrogens with two attached hydrogens (primary N) is 1. The van der Waals surface area contributed by atoms with E-state index in [2.05, 4.69) is 42.7 Å². The van der Waals surface area contributed by atoms with Crippen LogP contribution in [0.3, 0.4) is 0 Å². The molecule has 0 saturated heterocycles. The van der Waals surface area contributed by atoms with Crippen LogP contribution in [0.1, 0.15) is 67.8 Å². The van der Waals surface area contributed by atoms with E-state index in [1.807, 2.05) is 12.1 Å². The number of rotatable bonds is 4. The van der Waals surface area contributed by atoms with Gasteiger partial charge in [-0.15, -0.1) is 0 Å². The summed E-state index contributed by atoms with van der Waals surface area (Å²) in [5.74, 6) is 0.860. The normalized spacial score (nSPS) is 16.0. The van der Waals surface area contributed by atoms with E-state index >= 15 is 0 Å². The molecular formula is C23H28N2O. The number of fused-ring (bicyclic) bond motifs is 3. The van der Waals surface area contributed by atoms with Crippen molar-refractivity contribution in [1.82, 2.24) is 4.57 Å². The van der Waals surface area contributed by atoms with Crippen LogP contribution in [-0.2, 0) is 6.54 Å². The molecule has 3 aromatic rings. The molecule has 1 heterocycles. The Morgan fingerprint density at radius 3 is 2.58 bits per heavy atom. The molecular weight excluding hydrogens is 320 g/mol. The topological polar surface area (TPSA) is 48.0 Å². The van der Waals surface area contributed by atoms with E-state index in [1.165, 1.54) is 43.2 Å². The molecule has 1 aromatic heterocycles. The Labute approximate surface area is 155 Å². The summed E-state index contributed by atoms with van der Waals surface area (Å²) >= 11 is 0. The van der Waals surface area contributed by atoms with Crippen molar-refractivity contribution in [2.24, 2.45) is 11.7 Å². The van der Waals surface area contributed by atoms with Crippen molar-refractivity contribution in [3.05, 3.63) is 47.5 Å². The van der Waals surface area contributed by atoms with Gasteiger partial charge in [0.05, 0.1) is 0 Å². The van der Waals surface area contributed by atoms with Gasteiger partial charge in [-0.3, -0.25) is 4.79 Å². The number of benzene rings is 2. The van der Waals surface area contributed by atoms with Gasteiger partial charge >= 0.3 is 0 Å². The Balaban J connectivity index is 1.97. The van der Waals surface area contributed by atoms with Gasteiger partial charge in [0, 0.05) is 33.9 Å². The molecule has 0 radical (unpaired) electrons. The van der Waals surface area contributed by atoms with Gasteiger partial charge in [-0.2, -0.15) is 0 Å². The first-order valence-corrected chi connectivity index (χ1v) is 9.91. The van der Waals surface area contributed by atoms with Crippen LogP contribution in [0.2, 0.25) is 0 Å². The highest BCUT2D eigenvalue weighted by atomic mass is 16.1. The maximum Gasteiger partial charge on any atom is 0.249 e. The minimum atomic E-state index is -0.347. The summed E-state index contributed by atoms with van der Waals surface area (Å²) in [6.45, 7) is 5.48. The summed E-state index contributed by atoms with van der Waals surface area (Å²) in [5.41, 5.74) is 10.0. The van der Waals surface area contributed by atoms with Crippen LogP contribution in [0.4, 0.5) is 0 Å². The standard InChI is InChI=1S/C23H28N2O/c1-15(2)17-11-12-18-21(13-17)25(14-16-7-4-3-5-8-16)20-10-6-9-19(22(18)20)23(24)26/h6,9-13,15-16H,3-5,7-8,14H2,1-2H3,(H2,24,26).